The van der Waals surface area contributed by atoms with E-state index in [1.165, 1.54) is 7.11 Å². The van der Waals surface area contributed by atoms with E-state index in [0.717, 1.165) is 106 Å². The molecule has 6 aliphatic rings. The lowest BCUT2D eigenvalue weighted by atomic mass is 9.92. The topological polar surface area (TPSA) is 615 Å². The van der Waals surface area contributed by atoms with Gasteiger partial charge < -0.3 is 102 Å². The summed E-state index contributed by atoms with van der Waals surface area (Å²) in [6.45, 7) is 27.0. The van der Waals surface area contributed by atoms with E-state index in [1.807, 2.05) is 26.8 Å². The molecule has 15 heterocycles. The fraction of sp³-hybridized carbons (Fsp3) is 0.306. The quantitative estimate of drug-likeness (QED) is 0.0419. The lowest BCUT2D eigenvalue weighted by Gasteiger charge is -2.17. The molecule has 46 heteroatoms. The number of rotatable bonds is 22. The van der Waals surface area contributed by atoms with Crippen LogP contribution in [0.15, 0.2) is 85.3 Å². The van der Waals surface area contributed by atoms with Gasteiger partial charge in [-0.05, 0) is 120 Å². The van der Waals surface area contributed by atoms with Crippen LogP contribution in [0.3, 0.4) is 0 Å². The number of anilines is 10. The molecule has 15 aromatic heterocycles. The molecule has 0 spiro atoms. The summed E-state index contributed by atoms with van der Waals surface area (Å²) < 4.78 is 18.0. The number of carbonyl (C=O) groups is 4. The molecule has 6 fully saturated rings. The van der Waals surface area contributed by atoms with Crippen LogP contribution in [-0.2, 0) is 19.1 Å². The molecule has 0 saturated heterocycles. The van der Waals surface area contributed by atoms with E-state index in [2.05, 4.69) is 186 Å². The number of carbonyl (C=O) groups excluding carboxylic acids is 4. The molecule has 15 aromatic rings. The molecule has 46 nitrogen and oxygen atoms in total. The smallest absolute Gasteiger partial charge is 0.412 e. The van der Waals surface area contributed by atoms with Gasteiger partial charge in [0.05, 0.1) is 98.2 Å². The number of nitrogen functional groups attached to an aromatic ring is 1. The maximum atomic E-state index is 12.4. The molecule has 21 N–H and O–H groups in total. The van der Waals surface area contributed by atoms with Gasteiger partial charge in [0, 0.05) is 101 Å². The predicted octanol–water partition coefficient (Wildman–Crippen LogP) is -0.152. The van der Waals surface area contributed by atoms with Gasteiger partial charge in [0.25, 0.3) is 0 Å². The van der Waals surface area contributed by atoms with Crippen LogP contribution in [0.4, 0.5) is 67.8 Å². The van der Waals surface area contributed by atoms with Gasteiger partial charge in [-0.25, -0.2) is 58.5 Å². The summed E-state index contributed by atoms with van der Waals surface area (Å²) in [5.74, 6) is 5.85. The van der Waals surface area contributed by atoms with Gasteiger partial charge in [0.15, 0.2) is 28.2 Å². The Bertz CT molecular complexity index is 7950. The highest BCUT2D eigenvalue weighted by molar-refractivity contribution is 5.94. The van der Waals surface area contributed by atoms with E-state index in [0.29, 0.717) is 176 Å². The van der Waals surface area contributed by atoms with Crippen LogP contribution in [-0.4, -0.2) is 191 Å². The molecule has 6 saturated carbocycles. The molecule has 4 amide bonds. The number of imidazole rings is 5. The molecule has 0 atom stereocenters. The number of aromatic amines is 10. The van der Waals surface area contributed by atoms with E-state index >= 15 is 0 Å². The third-order valence-corrected chi connectivity index (χ3v) is 20.9. The maximum absolute atomic E-state index is 12.4. The van der Waals surface area contributed by atoms with Crippen LogP contribution >= 0.6 is 0 Å². The fourth-order valence-electron chi connectivity index (χ4n) is 13.6. The third-order valence-electron chi connectivity index (χ3n) is 20.9. The van der Waals surface area contributed by atoms with Crippen molar-refractivity contribution in [1.82, 2.24) is 123 Å². The van der Waals surface area contributed by atoms with Gasteiger partial charge in [-0.15, -0.1) is 0 Å². The first-order chi connectivity index (χ1) is 62.9. The first-order valence-corrected chi connectivity index (χ1v) is 42.3. The summed E-state index contributed by atoms with van der Waals surface area (Å²) in [5, 5.41) is 55.2. The van der Waals surface area contributed by atoms with Gasteiger partial charge in [-0.3, -0.25) is 20.2 Å². The van der Waals surface area contributed by atoms with Gasteiger partial charge >= 0.3 is 40.6 Å². The summed E-state index contributed by atoms with van der Waals surface area (Å²) in [7, 11) is 1.28. The Labute approximate surface area is 736 Å². The Kier molecular flexibility index (Phi) is 23.6. The van der Waals surface area contributed by atoms with Crippen LogP contribution in [0, 0.1) is 11.3 Å². The number of H-pyrrole nitrogens is 10. The average molecular weight is 1780 g/mol. The van der Waals surface area contributed by atoms with Crippen molar-refractivity contribution in [3.05, 3.63) is 195 Å². The molecule has 0 unspecified atom stereocenters. The minimum absolute atomic E-state index is 0.00396. The maximum Gasteiger partial charge on any atom is 0.412 e. The second-order valence-electron chi connectivity index (χ2n) is 33.5. The summed E-state index contributed by atoms with van der Waals surface area (Å²) >= 11 is 0. The minimum atomic E-state index is -0.612. The average Bonchev–Trinajstić information content (AvgIpc) is 1.70. The number of aromatic nitrogens is 25. The van der Waals surface area contributed by atoms with Crippen LogP contribution in [0.5, 0.6) is 0 Å². The molecule has 131 heavy (non-hydrogen) atoms. The Morgan fingerprint density at radius 3 is 0.916 bits per heavy atom. The highest BCUT2D eigenvalue weighted by atomic mass is 16.5. The standard InChI is InChI=1S/C20H25N7O2.C18H19N7O2.C17H19N7O3.C16H17N7O3.C14H15N7O/c1-11-14(24-19(29)22-11)7-12-10-21-27-16(23-13-5-6-13)8-15(26-18(12)27)25-17(28)9-20(2,3)4;1-9-13(22-18(27)20-9)6-11-8-19-25-15(21-12-4-5-12)7-14(23-16(11)25)24-17(26)10-2-3-10;1-3-27-17(26)23-13-7-14(20-11-4-5-11)24-15(22-13)10(8-18-24)6-12-9(2)19-16(25)21-12;1-8-11(20-15(24)18-8)5-9-7-17-23-13(19-10-3-4-10)6-12(21-14(9)23)22-16(25)26-2;1-7-10(19-14(22)17-7)4-8-6-16-21-12(18-9-2-3-9)5-11(15)20-13(8)21/h7-8,10,13,23H,1,5-6,9H2,2-4H3,(H2,22,24,29)(H,25,26,28);6-8,10,12,21H,1-5H2,(H2,20,22,27)(H,23,24,26);6-8,11,20H,2-5H2,1H3,(H2,19,21,25)(H,22,23,26);5-7,10,19H,1,3-4H2,2H3,(H2,18,20,24)(H,21,22,25);4-6,9,18H,1-3H2,(H2,15,20)(H2,17,19,22)/b14-7-;13-6-;12-6-;11-5-;10-4-. The van der Waals surface area contributed by atoms with E-state index < -0.39 is 12.2 Å². The molecule has 0 aromatic carbocycles. The van der Waals surface area contributed by atoms with Crippen molar-refractivity contribution in [3.8, 4) is 0 Å². The van der Waals surface area contributed by atoms with Gasteiger partial charge in [0.1, 0.15) is 58.2 Å². The molecular formula is C85H95N35O11. The van der Waals surface area contributed by atoms with E-state index in [4.69, 9.17) is 10.5 Å². The Hall–Kier alpha value is -16.9. The number of methoxy groups -OCH3 is 1. The van der Waals surface area contributed by atoms with Crippen molar-refractivity contribution in [2.45, 2.75) is 141 Å². The van der Waals surface area contributed by atoms with Crippen LogP contribution in [0.25, 0.3) is 91.5 Å². The number of amides is 4. The van der Waals surface area contributed by atoms with Crippen molar-refractivity contribution >= 4 is 174 Å². The first kappa shape index (κ1) is 86.3. The molecule has 6 aliphatic carbocycles. The number of hydrogen-bond donors (Lipinski definition) is 20. The second kappa shape index (κ2) is 35.9. The Balaban J connectivity index is 0.000000115. The molecular weight excluding hydrogens is 1690 g/mol. The summed E-state index contributed by atoms with van der Waals surface area (Å²) in [6, 6.07) is 10.9. The molecule has 0 bridgehead atoms. The highest BCUT2D eigenvalue weighted by Gasteiger charge is 2.32. The number of ether oxygens (including phenoxy) is 2. The largest absolute Gasteiger partial charge is 0.453 e. The second-order valence-corrected chi connectivity index (χ2v) is 33.5. The zero-order chi connectivity index (χ0) is 91.8. The zero-order valence-corrected chi connectivity index (χ0v) is 71.8. The zero-order valence-electron chi connectivity index (χ0n) is 71.8. The van der Waals surface area contributed by atoms with Crippen molar-refractivity contribution in [1.29, 1.82) is 0 Å². The number of nitrogens with two attached hydrogens (primary N) is 1. The van der Waals surface area contributed by atoms with Gasteiger partial charge in [-0.2, -0.15) is 48.1 Å². The lowest BCUT2D eigenvalue weighted by molar-refractivity contribution is -0.118. The van der Waals surface area contributed by atoms with Crippen LogP contribution in [0.1, 0.15) is 139 Å². The molecule has 21 rings (SSSR count). The number of nitrogens with zero attached hydrogens (tertiary/aromatic N) is 15. The van der Waals surface area contributed by atoms with Crippen LogP contribution < -0.4 is 136 Å². The van der Waals surface area contributed by atoms with E-state index in [9.17, 15) is 43.2 Å². The normalized spacial score (nSPS) is 15.4. The minimum Gasteiger partial charge on any atom is -0.453 e. The lowest BCUT2D eigenvalue weighted by Crippen LogP contribution is -2.22. The molecule has 676 valence electrons. The fourth-order valence-corrected chi connectivity index (χ4v) is 13.6. The SMILES string of the molecule is C=c1[nH]c(=O)[nH]/c1=C\c1cnn2c(NC3CC3)cc(N)nc12.C=c1[nH]c(=O)[nH]/c1=C\c1cnn2c(NC3CC3)cc(NC(=O)C3CC3)nc12.C=c1[nH]c(=O)[nH]/c1=C\c1cnn2c(NC3CC3)cc(NC(=O)CC(C)(C)C)nc12.C=c1[nH]c(=O)[nH]/c1=C\c1cnn2c(NC3CC3)cc(NC(=O)OC)nc12.C=c1[nH]c(=O)[nH]/c1=C\c1cnn2c(NC3CC3)cc(NC(=O)OCC)nc12. The van der Waals surface area contributed by atoms with Gasteiger partial charge in [0.2, 0.25) is 11.8 Å². The number of fused-ring (bicyclic) bond motifs is 5. The summed E-state index contributed by atoms with van der Waals surface area (Å²) in [5.41, 5.74) is 10.5. The Morgan fingerprint density at radius 1 is 0.397 bits per heavy atom. The van der Waals surface area contributed by atoms with Crippen molar-refractivity contribution in [3.63, 3.8) is 0 Å². The first-order valence-electron chi connectivity index (χ1n) is 42.3. The summed E-state index contributed by atoms with van der Waals surface area (Å²) in [6.07, 6.45) is 29.2. The predicted molar refractivity (Wildman–Crippen MR) is 492 cm³/mol. The van der Waals surface area contributed by atoms with E-state index in [1.54, 1.807) is 115 Å². The van der Waals surface area contributed by atoms with Gasteiger partial charge in [-0.1, -0.05) is 53.7 Å². The van der Waals surface area contributed by atoms with Crippen molar-refractivity contribution in [2.75, 3.05) is 67.3 Å². The molecule has 0 radical (unpaired) electrons. The third kappa shape index (κ3) is 21.3. The van der Waals surface area contributed by atoms with Crippen molar-refractivity contribution < 1.29 is 28.7 Å². The number of nitrogens with one attached hydrogen (secondary N) is 19. The monoisotopic (exact) mass is 1780 g/mol. The van der Waals surface area contributed by atoms with Crippen LogP contribution in [0.2, 0.25) is 0 Å². The van der Waals surface area contributed by atoms with E-state index in [-0.39, 0.29) is 58.2 Å². The summed E-state index contributed by atoms with van der Waals surface area (Å²) in [4.78, 5) is 154. The number of hydrogen-bond acceptors (Lipinski definition) is 27. The Morgan fingerprint density at radius 2 is 0.664 bits per heavy atom. The highest BCUT2D eigenvalue weighted by Crippen LogP contribution is 2.34. The molecule has 0 aliphatic heterocycles. The van der Waals surface area contributed by atoms with Crippen molar-refractivity contribution in [2.24, 2.45) is 11.3 Å².